The Morgan fingerprint density at radius 1 is 1.06 bits per heavy atom. The second-order valence-electron chi connectivity index (χ2n) is 7.97. The number of hydrogen-bond donors (Lipinski definition) is 0. The maximum absolute atomic E-state index is 15.1. The molecule has 0 spiro atoms. The highest BCUT2D eigenvalue weighted by Gasteiger charge is 2.40. The summed E-state index contributed by atoms with van der Waals surface area (Å²) in [6, 6.07) is 6.97. The number of aryl methyl sites for hydroxylation is 2. The maximum atomic E-state index is 15.1. The van der Waals surface area contributed by atoms with Gasteiger partial charge < -0.3 is 4.57 Å². The number of aromatic nitrogens is 2. The topological polar surface area (TPSA) is 65.4 Å². The predicted octanol–water partition coefficient (Wildman–Crippen LogP) is 5.61. The van der Waals surface area contributed by atoms with E-state index in [9.17, 15) is 23.7 Å². The lowest BCUT2D eigenvalue weighted by Crippen LogP contribution is -2.26. The van der Waals surface area contributed by atoms with E-state index in [4.69, 9.17) is 0 Å². The van der Waals surface area contributed by atoms with Gasteiger partial charge in [-0.15, -0.1) is 0 Å². The van der Waals surface area contributed by atoms with Crippen molar-refractivity contribution in [2.45, 2.75) is 38.5 Å². The molecular weight excluding hydrogens is 420 g/mol. The van der Waals surface area contributed by atoms with E-state index < -0.39 is 29.9 Å². The summed E-state index contributed by atoms with van der Waals surface area (Å²) in [6.07, 6.45) is -3.00. The van der Waals surface area contributed by atoms with E-state index >= 15 is 4.39 Å². The molecule has 0 aliphatic heterocycles. The van der Waals surface area contributed by atoms with Crippen molar-refractivity contribution in [3.8, 4) is 23.4 Å². The van der Waals surface area contributed by atoms with Gasteiger partial charge in [-0.2, -0.15) is 10.5 Å². The molecule has 0 N–H and O–H groups in total. The van der Waals surface area contributed by atoms with Crippen LogP contribution >= 0.6 is 0 Å². The number of imidazole rings is 1. The lowest BCUT2D eigenvalue weighted by molar-refractivity contribution is 0.141. The van der Waals surface area contributed by atoms with E-state index in [0.717, 1.165) is 12.1 Å². The van der Waals surface area contributed by atoms with Crippen LogP contribution in [0.2, 0.25) is 0 Å². The molecule has 3 atom stereocenters. The predicted molar refractivity (Wildman–Crippen MR) is 109 cm³/mol. The van der Waals surface area contributed by atoms with Gasteiger partial charge in [0, 0.05) is 13.0 Å². The summed E-state index contributed by atoms with van der Waals surface area (Å²) >= 11 is 0. The lowest BCUT2D eigenvalue weighted by atomic mass is 9.72. The molecule has 2 aromatic carbocycles. The third-order valence-electron chi connectivity index (χ3n) is 6.18. The molecule has 0 radical (unpaired) electrons. The normalized spacial score (nSPS) is 19.8. The van der Waals surface area contributed by atoms with Crippen LogP contribution in [0.15, 0.2) is 24.4 Å². The molecule has 1 aliphatic carbocycles. The summed E-state index contributed by atoms with van der Waals surface area (Å²) in [5.74, 6) is -1.83. The Morgan fingerprint density at radius 3 is 2.38 bits per heavy atom. The zero-order valence-electron chi connectivity index (χ0n) is 17.5. The minimum Gasteiger partial charge on any atom is -0.331 e. The van der Waals surface area contributed by atoms with E-state index in [0.29, 0.717) is 22.6 Å². The molecule has 8 heteroatoms. The molecular formula is C24H18F4N4. The van der Waals surface area contributed by atoms with Crippen LogP contribution < -0.4 is 0 Å². The van der Waals surface area contributed by atoms with Crippen LogP contribution in [-0.2, 0) is 7.05 Å². The summed E-state index contributed by atoms with van der Waals surface area (Å²) in [5.41, 5.74) is 0.704. The van der Waals surface area contributed by atoms with Gasteiger partial charge >= 0.3 is 0 Å². The third-order valence-corrected chi connectivity index (χ3v) is 6.18. The Balaban J connectivity index is 2.07. The smallest absolute Gasteiger partial charge is 0.157 e. The monoisotopic (exact) mass is 438 g/mol. The number of alkyl halides is 2. The summed E-state index contributed by atoms with van der Waals surface area (Å²) in [6.45, 7) is 3.30. The Labute approximate surface area is 182 Å². The van der Waals surface area contributed by atoms with Gasteiger partial charge in [0.15, 0.2) is 6.17 Å². The summed E-state index contributed by atoms with van der Waals surface area (Å²) < 4.78 is 60.2. The molecule has 0 saturated heterocycles. The first-order chi connectivity index (χ1) is 15.2. The molecule has 1 heterocycles. The van der Waals surface area contributed by atoms with Crippen molar-refractivity contribution in [1.82, 2.24) is 9.55 Å². The fraction of sp³-hybridized carbons (Fsp3) is 0.292. The van der Waals surface area contributed by atoms with Crippen molar-refractivity contribution in [2.75, 3.05) is 0 Å². The Bertz CT molecular complexity index is 1330. The van der Waals surface area contributed by atoms with Gasteiger partial charge in [0.1, 0.15) is 29.7 Å². The Hall–Kier alpha value is -3.65. The minimum atomic E-state index is -2.10. The van der Waals surface area contributed by atoms with E-state index in [-0.39, 0.29) is 34.2 Å². The number of hydrogen-bond acceptors (Lipinski definition) is 3. The molecule has 4 nitrogen and oxygen atoms in total. The largest absolute Gasteiger partial charge is 0.331 e. The van der Waals surface area contributed by atoms with Crippen LogP contribution in [0.5, 0.6) is 0 Å². The second-order valence-corrected chi connectivity index (χ2v) is 7.97. The van der Waals surface area contributed by atoms with Crippen molar-refractivity contribution in [1.29, 1.82) is 10.5 Å². The van der Waals surface area contributed by atoms with Gasteiger partial charge in [-0.25, -0.2) is 22.5 Å². The first-order valence-electron chi connectivity index (χ1n) is 9.92. The van der Waals surface area contributed by atoms with Crippen molar-refractivity contribution in [3.63, 3.8) is 0 Å². The highest BCUT2D eigenvalue weighted by atomic mass is 19.2. The fourth-order valence-corrected chi connectivity index (χ4v) is 4.61. The average molecular weight is 438 g/mol. The van der Waals surface area contributed by atoms with Gasteiger partial charge in [0.25, 0.3) is 0 Å². The first-order valence-corrected chi connectivity index (χ1v) is 9.92. The fourth-order valence-electron chi connectivity index (χ4n) is 4.61. The molecule has 1 aliphatic rings. The third kappa shape index (κ3) is 3.15. The van der Waals surface area contributed by atoms with E-state index in [1.54, 1.807) is 25.5 Å². The van der Waals surface area contributed by atoms with Crippen LogP contribution in [0.4, 0.5) is 17.6 Å². The van der Waals surface area contributed by atoms with Gasteiger partial charge in [-0.3, -0.25) is 0 Å². The molecule has 0 unspecified atom stereocenters. The zero-order valence-corrected chi connectivity index (χ0v) is 17.5. The number of fused-ring (bicyclic) bond motifs is 1. The Morgan fingerprint density at radius 2 is 1.78 bits per heavy atom. The molecule has 4 rings (SSSR count). The minimum absolute atomic E-state index is 0.00357. The van der Waals surface area contributed by atoms with Crippen LogP contribution in [0, 0.1) is 48.1 Å². The highest BCUT2D eigenvalue weighted by Crippen LogP contribution is 2.48. The molecule has 162 valence electrons. The quantitative estimate of drug-likeness (QED) is 0.489. The lowest BCUT2D eigenvalue weighted by Gasteiger charge is -2.33. The van der Waals surface area contributed by atoms with Crippen LogP contribution in [0.1, 0.15) is 57.7 Å². The molecule has 0 amide bonds. The number of nitriles is 2. The zero-order chi connectivity index (χ0) is 23.3. The van der Waals surface area contributed by atoms with E-state index in [1.165, 1.54) is 12.3 Å². The Kier molecular flexibility index (Phi) is 5.26. The number of rotatable bonds is 2. The summed E-state index contributed by atoms with van der Waals surface area (Å²) in [4.78, 5) is 4.16. The second kappa shape index (κ2) is 7.80. The van der Waals surface area contributed by atoms with Gasteiger partial charge in [-0.1, -0.05) is 0 Å². The average Bonchev–Trinajstić information content (AvgIpc) is 3.08. The van der Waals surface area contributed by atoms with Crippen molar-refractivity contribution in [2.24, 2.45) is 7.05 Å². The highest BCUT2D eigenvalue weighted by molar-refractivity contribution is 5.73. The molecule has 0 bridgehead atoms. The van der Waals surface area contributed by atoms with Crippen LogP contribution in [-0.4, -0.2) is 15.7 Å². The molecule has 3 aromatic rings. The van der Waals surface area contributed by atoms with Crippen LogP contribution in [0.3, 0.4) is 0 Å². The molecule has 0 fully saturated rings. The summed E-state index contributed by atoms with van der Waals surface area (Å²) in [5, 5.41) is 19.6. The number of nitrogens with zero attached hydrogens (tertiary/aromatic N) is 4. The molecule has 32 heavy (non-hydrogen) atoms. The maximum Gasteiger partial charge on any atom is 0.157 e. The first kappa shape index (κ1) is 21.6. The van der Waals surface area contributed by atoms with E-state index in [2.05, 4.69) is 4.98 Å². The summed E-state index contributed by atoms with van der Waals surface area (Å²) in [7, 11) is 1.68. The number of benzene rings is 2. The van der Waals surface area contributed by atoms with Gasteiger partial charge in [0.05, 0.1) is 34.7 Å². The molecule has 0 saturated carbocycles. The molecule has 1 aromatic heterocycles. The van der Waals surface area contributed by atoms with Crippen molar-refractivity contribution < 1.29 is 17.6 Å². The van der Waals surface area contributed by atoms with Crippen LogP contribution in [0.25, 0.3) is 11.3 Å². The SMILES string of the molecule is Cc1cc(F)c(-c2cnc(C)n2C)c(C#N)c1[C@H]1C[C@H](F)[C@H](F)c2cc(F)cc(C#N)c21. The van der Waals surface area contributed by atoms with Crippen molar-refractivity contribution in [3.05, 3.63) is 75.2 Å². The van der Waals surface area contributed by atoms with E-state index in [1.807, 2.05) is 12.1 Å². The van der Waals surface area contributed by atoms with Gasteiger partial charge in [-0.05, 0) is 60.7 Å². The van der Waals surface area contributed by atoms with Crippen molar-refractivity contribution >= 4 is 0 Å². The number of halogens is 4. The van der Waals surface area contributed by atoms with Gasteiger partial charge in [0.2, 0.25) is 0 Å². The standard InChI is InChI=1S/C24H18F4N4/c1-11-4-18(26)23(20-10-31-12(2)32(20)3)17(9-30)21(11)15-7-19(27)24(28)16-6-14(25)5-13(8-29)22(15)16/h4-6,10,15,19,24H,7H2,1-3H3/t15-,19+,24-/m1/s1.